The number of carboxylic acid groups (broad SMARTS) is 1. The lowest BCUT2D eigenvalue weighted by atomic mass is 9.69. The zero-order valence-electron chi connectivity index (χ0n) is 14.1. The van der Waals surface area contributed by atoms with Crippen molar-refractivity contribution in [2.24, 2.45) is 5.41 Å². The summed E-state index contributed by atoms with van der Waals surface area (Å²) in [7, 11) is 0. The Bertz CT molecular complexity index is 487. The Hall–Kier alpha value is -1.35. The van der Waals surface area contributed by atoms with E-state index in [1.54, 1.807) is 13.8 Å². The Morgan fingerprint density at radius 2 is 1.86 bits per heavy atom. The largest absolute Gasteiger partial charge is 0.481 e. The van der Waals surface area contributed by atoms with E-state index in [0.29, 0.717) is 17.9 Å². The lowest BCUT2D eigenvalue weighted by molar-refractivity contribution is -0.147. The van der Waals surface area contributed by atoms with E-state index in [4.69, 9.17) is 5.11 Å². The van der Waals surface area contributed by atoms with Gasteiger partial charge in [-0.05, 0) is 63.5 Å². The monoisotopic (exact) mass is 303 g/mol. The standard InChI is InChI=1S/C19H29NO2/c1-18(2,17(21)22)13-14-20-16-9-11-19(3,12-10-16)15-7-5-4-6-8-15/h4-8,16,20H,9-14H2,1-3H3,(H,21,22). The van der Waals surface area contributed by atoms with Gasteiger partial charge in [0.1, 0.15) is 0 Å². The zero-order valence-corrected chi connectivity index (χ0v) is 14.1. The molecule has 1 aromatic carbocycles. The van der Waals surface area contributed by atoms with Crippen molar-refractivity contribution < 1.29 is 9.90 Å². The summed E-state index contributed by atoms with van der Waals surface area (Å²) >= 11 is 0. The van der Waals surface area contributed by atoms with Gasteiger partial charge in [-0.1, -0.05) is 37.3 Å². The smallest absolute Gasteiger partial charge is 0.309 e. The number of carbonyl (C=O) groups is 1. The maximum atomic E-state index is 11.1. The van der Waals surface area contributed by atoms with Gasteiger partial charge in [0, 0.05) is 6.04 Å². The summed E-state index contributed by atoms with van der Waals surface area (Å²) in [6.07, 6.45) is 5.39. The lowest BCUT2D eigenvalue weighted by Crippen LogP contribution is -2.40. The normalized spacial score (nSPS) is 25.9. The molecule has 3 nitrogen and oxygen atoms in total. The first-order valence-corrected chi connectivity index (χ1v) is 8.36. The van der Waals surface area contributed by atoms with Gasteiger partial charge in [-0.2, -0.15) is 0 Å². The van der Waals surface area contributed by atoms with Crippen molar-refractivity contribution >= 4 is 5.97 Å². The highest BCUT2D eigenvalue weighted by atomic mass is 16.4. The van der Waals surface area contributed by atoms with Crippen LogP contribution in [0.25, 0.3) is 0 Å². The van der Waals surface area contributed by atoms with Gasteiger partial charge in [0.05, 0.1) is 5.41 Å². The third-order valence-electron chi connectivity index (χ3n) is 5.32. The van der Waals surface area contributed by atoms with Crippen LogP contribution in [0.5, 0.6) is 0 Å². The fourth-order valence-corrected chi connectivity index (χ4v) is 3.28. The number of aliphatic carboxylic acids is 1. The van der Waals surface area contributed by atoms with Crippen LogP contribution in [0.15, 0.2) is 30.3 Å². The van der Waals surface area contributed by atoms with Crippen LogP contribution in [0.1, 0.15) is 58.4 Å². The van der Waals surface area contributed by atoms with E-state index in [0.717, 1.165) is 6.54 Å². The second kappa shape index (κ2) is 6.82. The molecular weight excluding hydrogens is 274 g/mol. The van der Waals surface area contributed by atoms with Crippen molar-refractivity contribution in [2.45, 2.75) is 64.3 Å². The van der Waals surface area contributed by atoms with Gasteiger partial charge < -0.3 is 10.4 Å². The Morgan fingerprint density at radius 3 is 2.41 bits per heavy atom. The molecule has 3 heteroatoms. The molecule has 2 N–H and O–H groups in total. The molecule has 22 heavy (non-hydrogen) atoms. The molecule has 0 atom stereocenters. The highest BCUT2D eigenvalue weighted by Crippen LogP contribution is 2.38. The van der Waals surface area contributed by atoms with Crippen molar-refractivity contribution in [3.8, 4) is 0 Å². The SMILES string of the molecule is CC(C)(CCNC1CCC(C)(c2ccccc2)CC1)C(=O)O. The first kappa shape index (κ1) is 17.0. The Morgan fingerprint density at radius 1 is 1.27 bits per heavy atom. The molecule has 0 aromatic heterocycles. The summed E-state index contributed by atoms with van der Waals surface area (Å²) < 4.78 is 0. The topological polar surface area (TPSA) is 49.3 Å². The zero-order chi connectivity index (χ0) is 16.2. The molecule has 122 valence electrons. The predicted molar refractivity (Wildman–Crippen MR) is 90.1 cm³/mol. The fourth-order valence-electron chi connectivity index (χ4n) is 3.28. The van der Waals surface area contributed by atoms with Gasteiger partial charge in [0.25, 0.3) is 0 Å². The molecule has 0 spiro atoms. The van der Waals surface area contributed by atoms with Crippen LogP contribution in [-0.4, -0.2) is 23.7 Å². The average Bonchev–Trinajstić information content (AvgIpc) is 2.50. The van der Waals surface area contributed by atoms with Gasteiger partial charge in [0.2, 0.25) is 0 Å². The van der Waals surface area contributed by atoms with Gasteiger partial charge in [-0.3, -0.25) is 4.79 Å². The van der Waals surface area contributed by atoms with Crippen LogP contribution < -0.4 is 5.32 Å². The number of hydrogen-bond acceptors (Lipinski definition) is 2. The summed E-state index contributed by atoms with van der Waals surface area (Å²) in [4.78, 5) is 11.1. The number of benzene rings is 1. The van der Waals surface area contributed by atoms with E-state index < -0.39 is 11.4 Å². The average molecular weight is 303 g/mol. The second-order valence-electron chi connectivity index (χ2n) is 7.59. The summed E-state index contributed by atoms with van der Waals surface area (Å²) in [5.41, 5.74) is 1.10. The molecule has 1 aliphatic rings. The molecule has 0 unspecified atom stereocenters. The minimum atomic E-state index is -0.713. The first-order valence-electron chi connectivity index (χ1n) is 8.36. The number of nitrogens with one attached hydrogen (secondary N) is 1. The van der Waals surface area contributed by atoms with Crippen molar-refractivity contribution in [2.75, 3.05) is 6.54 Å². The molecule has 1 aliphatic carbocycles. The minimum absolute atomic E-state index is 0.291. The van der Waals surface area contributed by atoms with Gasteiger partial charge in [0.15, 0.2) is 0 Å². The molecule has 1 saturated carbocycles. The maximum absolute atomic E-state index is 11.1. The summed E-state index contributed by atoms with van der Waals surface area (Å²) in [5, 5.41) is 12.7. The van der Waals surface area contributed by atoms with Crippen LogP contribution in [0.2, 0.25) is 0 Å². The summed E-state index contributed by atoms with van der Waals surface area (Å²) in [5.74, 6) is -0.713. The molecule has 0 heterocycles. The third-order valence-corrected chi connectivity index (χ3v) is 5.32. The van der Waals surface area contributed by atoms with Crippen LogP contribution in [0.4, 0.5) is 0 Å². The van der Waals surface area contributed by atoms with E-state index >= 15 is 0 Å². The summed E-state index contributed by atoms with van der Waals surface area (Å²) in [6, 6.07) is 11.3. The molecule has 0 bridgehead atoms. The van der Waals surface area contributed by atoms with Crippen molar-refractivity contribution in [3.05, 3.63) is 35.9 Å². The Labute approximate surface area is 134 Å². The van der Waals surface area contributed by atoms with Gasteiger partial charge in [-0.25, -0.2) is 0 Å². The molecular formula is C19H29NO2. The van der Waals surface area contributed by atoms with Crippen LogP contribution in [0, 0.1) is 5.41 Å². The van der Waals surface area contributed by atoms with Gasteiger partial charge in [-0.15, -0.1) is 0 Å². The number of rotatable bonds is 6. The van der Waals surface area contributed by atoms with E-state index in [2.05, 4.69) is 42.6 Å². The van der Waals surface area contributed by atoms with Crippen molar-refractivity contribution in [3.63, 3.8) is 0 Å². The molecule has 0 aliphatic heterocycles. The van der Waals surface area contributed by atoms with E-state index in [9.17, 15) is 4.79 Å². The molecule has 0 amide bonds. The highest BCUT2D eigenvalue weighted by molar-refractivity contribution is 5.73. The van der Waals surface area contributed by atoms with Crippen LogP contribution in [-0.2, 0) is 10.2 Å². The van der Waals surface area contributed by atoms with Crippen molar-refractivity contribution in [1.82, 2.24) is 5.32 Å². The van der Waals surface area contributed by atoms with Crippen molar-refractivity contribution in [1.29, 1.82) is 0 Å². The van der Waals surface area contributed by atoms with E-state index in [1.807, 2.05) is 0 Å². The maximum Gasteiger partial charge on any atom is 0.309 e. The quantitative estimate of drug-likeness (QED) is 0.836. The van der Waals surface area contributed by atoms with E-state index in [1.165, 1.54) is 31.2 Å². The fraction of sp³-hybridized carbons (Fsp3) is 0.632. The van der Waals surface area contributed by atoms with Crippen LogP contribution in [0.3, 0.4) is 0 Å². The van der Waals surface area contributed by atoms with Crippen LogP contribution >= 0.6 is 0 Å². The lowest BCUT2D eigenvalue weighted by Gasteiger charge is -2.38. The summed E-state index contributed by atoms with van der Waals surface area (Å²) in [6.45, 7) is 6.74. The van der Waals surface area contributed by atoms with E-state index in [-0.39, 0.29) is 0 Å². The Kier molecular flexibility index (Phi) is 5.28. The molecule has 0 radical (unpaired) electrons. The molecule has 1 aromatic rings. The minimum Gasteiger partial charge on any atom is -0.481 e. The third kappa shape index (κ3) is 4.10. The first-order chi connectivity index (χ1) is 10.3. The highest BCUT2D eigenvalue weighted by Gasteiger charge is 2.33. The predicted octanol–water partition coefficient (Wildman–Crippen LogP) is 3.98. The van der Waals surface area contributed by atoms with Gasteiger partial charge >= 0.3 is 5.97 Å². The number of carboxylic acids is 1. The Balaban J connectivity index is 1.79. The molecule has 2 rings (SSSR count). The molecule has 0 saturated heterocycles. The number of hydrogen-bond donors (Lipinski definition) is 2. The molecule has 1 fully saturated rings. The second-order valence-corrected chi connectivity index (χ2v) is 7.59.